The highest BCUT2D eigenvalue weighted by molar-refractivity contribution is 5.96. The summed E-state index contributed by atoms with van der Waals surface area (Å²) >= 11 is 0. The van der Waals surface area contributed by atoms with Gasteiger partial charge in [0.15, 0.2) is 0 Å². The van der Waals surface area contributed by atoms with Crippen LogP contribution in [-0.2, 0) is 0 Å². The monoisotopic (exact) mass is 371 g/mol. The first-order valence-electron chi connectivity index (χ1n) is 8.66. The molecule has 0 aliphatic carbocycles. The first-order chi connectivity index (χ1) is 13.0. The molecule has 7 heteroatoms. The van der Waals surface area contributed by atoms with Crippen molar-refractivity contribution < 1.29 is 19.4 Å². The molecule has 0 atom stereocenters. The molecule has 2 N–H and O–H groups in total. The van der Waals surface area contributed by atoms with Crippen molar-refractivity contribution in [2.45, 2.75) is 13.8 Å². The molecule has 0 saturated carbocycles. The molecular weight excluding hydrogens is 346 g/mol. The number of methoxy groups -OCH3 is 2. The van der Waals surface area contributed by atoms with Gasteiger partial charge in [-0.2, -0.15) is 5.10 Å². The van der Waals surface area contributed by atoms with E-state index in [2.05, 4.69) is 29.3 Å². The number of carbonyl (C=O) groups excluding carboxylic acids is 1. The molecule has 0 fully saturated rings. The van der Waals surface area contributed by atoms with Crippen molar-refractivity contribution in [2.24, 2.45) is 5.10 Å². The van der Waals surface area contributed by atoms with Crippen LogP contribution in [0.2, 0.25) is 0 Å². The third-order valence-electron chi connectivity index (χ3n) is 4.13. The number of nitrogens with one attached hydrogen (secondary N) is 1. The average Bonchev–Trinajstić information content (AvgIpc) is 2.69. The first-order valence-corrected chi connectivity index (χ1v) is 8.66. The highest BCUT2D eigenvalue weighted by Gasteiger charge is 2.09. The quantitative estimate of drug-likeness (QED) is 0.550. The minimum atomic E-state index is -0.414. The zero-order chi connectivity index (χ0) is 19.8. The first kappa shape index (κ1) is 20.1. The Balaban J connectivity index is 2.10. The second-order valence-corrected chi connectivity index (χ2v) is 5.72. The van der Waals surface area contributed by atoms with Crippen LogP contribution in [0.5, 0.6) is 17.2 Å². The topological polar surface area (TPSA) is 83.4 Å². The van der Waals surface area contributed by atoms with Crippen LogP contribution in [0.4, 0.5) is 5.69 Å². The molecule has 144 valence electrons. The molecule has 0 unspecified atom stereocenters. The molecule has 0 spiro atoms. The lowest BCUT2D eigenvalue weighted by atomic mass is 10.2. The lowest BCUT2D eigenvalue weighted by Crippen LogP contribution is -2.21. The van der Waals surface area contributed by atoms with Crippen LogP contribution in [0.15, 0.2) is 41.5 Å². The third kappa shape index (κ3) is 5.13. The summed E-state index contributed by atoms with van der Waals surface area (Å²) in [5, 5.41) is 14.1. The molecular formula is C20H25N3O4. The second kappa shape index (κ2) is 9.47. The standard InChI is InChI=1S/C20H25N3O4/c1-5-23(6-2)16-8-7-14(19(24)11-16)13-21-22-20(25)15-9-17(26-3)12-18(10-15)27-4/h7-13,24H,5-6H2,1-4H3,(H,22,25)/b21-13+. The number of hydrogen-bond donors (Lipinski definition) is 2. The summed E-state index contributed by atoms with van der Waals surface area (Å²) in [5.74, 6) is 0.699. The molecule has 2 aromatic rings. The highest BCUT2D eigenvalue weighted by atomic mass is 16.5. The maximum Gasteiger partial charge on any atom is 0.271 e. The maximum atomic E-state index is 12.3. The molecule has 0 saturated heterocycles. The fraction of sp³-hybridized carbons (Fsp3) is 0.300. The van der Waals surface area contributed by atoms with Crippen molar-refractivity contribution >= 4 is 17.8 Å². The molecule has 2 aromatic carbocycles. The van der Waals surface area contributed by atoms with Gasteiger partial charge in [0, 0.05) is 42.0 Å². The van der Waals surface area contributed by atoms with Crippen LogP contribution in [0.3, 0.4) is 0 Å². The second-order valence-electron chi connectivity index (χ2n) is 5.72. The molecule has 2 rings (SSSR count). The molecule has 1 amide bonds. The summed E-state index contributed by atoms with van der Waals surface area (Å²) in [6.07, 6.45) is 1.40. The zero-order valence-electron chi connectivity index (χ0n) is 16.0. The minimum Gasteiger partial charge on any atom is -0.507 e. The van der Waals surface area contributed by atoms with Crippen molar-refractivity contribution in [3.05, 3.63) is 47.5 Å². The lowest BCUT2D eigenvalue weighted by molar-refractivity contribution is 0.0954. The fourth-order valence-electron chi connectivity index (χ4n) is 2.59. The Morgan fingerprint density at radius 3 is 2.26 bits per heavy atom. The number of hydrogen-bond acceptors (Lipinski definition) is 6. The maximum absolute atomic E-state index is 12.3. The van der Waals surface area contributed by atoms with E-state index in [0.717, 1.165) is 18.8 Å². The third-order valence-corrected chi connectivity index (χ3v) is 4.13. The summed E-state index contributed by atoms with van der Waals surface area (Å²) in [5.41, 5.74) is 4.23. The van der Waals surface area contributed by atoms with Crippen molar-refractivity contribution in [2.75, 3.05) is 32.2 Å². The number of benzene rings is 2. The predicted molar refractivity (Wildman–Crippen MR) is 106 cm³/mol. The van der Waals surface area contributed by atoms with E-state index in [0.29, 0.717) is 22.6 Å². The van der Waals surface area contributed by atoms with Crippen molar-refractivity contribution in [3.63, 3.8) is 0 Å². The van der Waals surface area contributed by atoms with E-state index in [1.54, 1.807) is 30.3 Å². The van der Waals surface area contributed by atoms with Gasteiger partial charge in [-0.25, -0.2) is 5.43 Å². The van der Waals surface area contributed by atoms with E-state index < -0.39 is 5.91 Å². The summed E-state index contributed by atoms with van der Waals surface area (Å²) in [7, 11) is 3.03. The van der Waals surface area contributed by atoms with Gasteiger partial charge in [-0.1, -0.05) is 0 Å². The number of hydrazone groups is 1. The lowest BCUT2D eigenvalue weighted by Gasteiger charge is -2.21. The average molecular weight is 371 g/mol. The SMILES string of the molecule is CCN(CC)c1ccc(/C=N/NC(=O)c2cc(OC)cc(OC)c2)c(O)c1. The molecule has 0 aliphatic heterocycles. The predicted octanol–water partition coefficient (Wildman–Crippen LogP) is 3.02. The van der Waals surface area contributed by atoms with E-state index in [4.69, 9.17) is 9.47 Å². The Morgan fingerprint density at radius 2 is 1.74 bits per heavy atom. The van der Waals surface area contributed by atoms with Crippen LogP contribution in [-0.4, -0.2) is 44.5 Å². The molecule has 0 bridgehead atoms. The Kier molecular flexibility index (Phi) is 7.05. The van der Waals surface area contributed by atoms with E-state index in [9.17, 15) is 9.90 Å². The molecule has 7 nitrogen and oxygen atoms in total. The molecule has 0 heterocycles. The van der Waals surface area contributed by atoms with Crippen molar-refractivity contribution in [1.29, 1.82) is 0 Å². The van der Waals surface area contributed by atoms with Gasteiger partial charge in [0.1, 0.15) is 17.2 Å². The van der Waals surface area contributed by atoms with E-state index in [-0.39, 0.29) is 5.75 Å². The van der Waals surface area contributed by atoms with Gasteiger partial charge in [0.05, 0.1) is 20.4 Å². The van der Waals surface area contributed by atoms with Crippen LogP contribution < -0.4 is 19.8 Å². The molecule has 27 heavy (non-hydrogen) atoms. The number of anilines is 1. The number of phenolic OH excluding ortho intramolecular Hbond substituents is 1. The normalized spacial score (nSPS) is 10.7. The zero-order valence-corrected chi connectivity index (χ0v) is 16.0. The molecule has 0 radical (unpaired) electrons. The van der Waals surface area contributed by atoms with Gasteiger partial charge >= 0.3 is 0 Å². The number of nitrogens with zero attached hydrogens (tertiary/aromatic N) is 2. The molecule has 0 aliphatic rings. The van der Waals surface area contributed by atoms with Gasteiger partial charge in [0.25, 0.3) is 5.91 Å². The Bertz CT molecular complexity index is 795. The van der Waals surface area contributed by atoms with Crippen molar-refractivity contribution in [3.8, 4) is 17.2 Å². The van der Waals surface area contributed by atoms with E-state index in [1.807, 2.05) is 6.07 Å². The Labute approximate surface area is 159 Å². The summed E-state index contributed by atoms with van der Waals surface area (Å²) in [6.45, 7) is 5.81. The van der Waals surface area contributed by atoms with Gasteiger partial charge < -0.3 is 19.5 Å². The van der Waals surface area contributed by atoms with Crippen LogP contribution >= 0.6 is 0 Å². The number of aromatic hydroxyl groups is 1. The summed E-state index contributed by atoms with van der Waals surface area (Å²) < 4.78 is 10.3. The van der Waals surface area contributed by atoms with E-state index in [1.165, 1.54) is 20.4 Å². The number of carbonyl (C=O) groups is 1. The number of phenols is 1. The highest BCUT2D eigenvalue weighted by Crippen LogP contribution is 2.24. The van der Waals surface area contributed by atoms with Crippen molar-refractivity contribution in [1.82, 2.24) is 5.43 Å². The Morgan fingerprint density at radius 1 is 1.11 bits per heavy atom. The smallest absolute Gasteiger partial charge is 0.271 e. The Hall–Kier alpha value is -3.22. The number of rotatable bonds is 8. The fourth-order valence-corrected chi connectivity index (χ4v) is 2.59. The number of ether oxygens (including phenoxy) is 2. The summed E-state index contributed by atoms with van der Waals surface area (Å²) in [6, 6.07) is 10.2. The minimum absolute atomic E-state index is 0.0976. The van der Waals surface area contributed by atoms with Crippen LogP contribution in [0.25, 0.3) is 0 Å². The van der Waals surface area contributed by atoms with E-state index >= 15 is 0 Å². The summed E-state index contributed by atoms with van der Waals surface area (Å²) in [4.78, 5) is 14.4. The van der Waals surface area contributed by atoms with Gasteiger partial charge in [0.2, 0.25) is 0 Å². The van der Waals surface area contributed by atoms with Crippen LogP contribution in [0, 0.1) is 0 Å². The van der Waals surface area contributed by atoms with Crippen LogP contribution in [0.1, 0.15) is 29.8 Å². The van der Waals surface area contributed by atoms with Gasteiger partial charge in [-0.05, 0) is 38.1 Å². The number of amides is 1. The molecule has 0 aromatic heterocycles. The van der Waals surface area contributed by atoms with Gasteiger partial charge in [-0.3, -0.25) is 4.79 Å². The van der Waals surface area contributed by atoms with Gasteiger partial charge in [-0.15, -0.1) is 0 Å². The largest absolute Gasteiger partial charge is 0.507 e.